The second kappa shape index (κ2) is 7.55. The van der Waals surface area contributed by atoms with Crippen LogP contribution in [0, 0.1) is 0 Å². The van der Waals surface area contributed by atoms with Gasteiger partial charge in [0.15, 0.2) is 17.1 Å². The summed E-state index contributed by atoms with van der Waals surface area (Å²) in [7, 11) is 0. The molecule has 1 aliphatic heterocycles. The fourth-order valence-electron chi connectivity index (χ4n) is 3.17. The number of amides is 1. The van der Waals surface area contributed by atoms with Crippen molar-refractivity contribution in [3.05, 3.63) is 70.2 Å². The van der Waals surface area contributed by atoms with E-state index in [4.69, 9.17) is 37.1 Å². The van der Waals surface area contributed by atoms with Gasteiger partial charge >= 0.3 is 0 Å². The fourth-order valence-corrected chi connectivity index (χ4v) is 3.66. The summed E-state index contributed by atoms with van der Waals surface area (Å²) in [5, 5.41) is 3.84. The van der Waals surface area contributed by atoms with E-state index >= 15 is 0 Å². The maximum Gasteiger partial charge on any atom is 0.255 e. The normalized spacial score (nSPS) is 12.7. The van der Waals surface area contributed by atoms with E-state index in [1.165, 1.54) is 0 Å². The number of halogens is 2. The minimum absolute atomic E-state index is 0.268. The van der Waals surface area contributed by atoms with E-state index in [0.29, 0.717) is 68.6 Å². The maximum atomic E-state index is 12.7. The zero-order chi connectivity index (χ0) is 20.7. The molecule has 0 fully saturated rings. The number of nitrogens with zero attached hydrogens (tertiary/aromatic N) is 1. The Labute approximate surface area is 181 Å². The van der Waals surface area contributed by atoms with E-state index in [9.17, 15) is 4.79 Å². The van der Waals surface area contributed by atoms with E-state index in [1.54, 1.807) is 54.6 Å². The molecule has 0 bridgehead atoms. The van der Waals surface area contributed by atoms with Crippen LogP contribution >= 0.6 is 23.2 Å². The van der Waals surface area contributed by atoms with Gasteiger partial charge < -0.3 is 19.2 Å². The summed E-state index contributed by atoms with van der Waals surface area (Å²) >= 11 is 12.2. The van der Waals surface area contributed by atoms with Crippen LogP contribution in [0.2, 0.25) is 10.0 Å². The number of carbonyl (C=O) groups excluding carboxylic acids is 1. The van der Waals surface area contributed by atoms with Crippen molar-refractivity contribution in [3.63, 3.8) is 0 Å². The molecule has 0 aliphatic carbocycles. The predicted molar refractivity (Wildman–Crippen MR) is 115 cm³/mol. The SMILES string of the molecule is O=C(Nc1ccc2oc(-c3ccc(Cl)cc3Cl)nc2c1)c1ccc2c(c1)OCCO2. The van der Waals surface area contributed by atoms with Gasteiger partial charge in [0.2, 0.25) is 5.89 Å². The number of carbonyl (C=O) groups is 1. The van der Waals surface area contributed by atoms with Crippen LogP contribution in [-0.4, -0.2) is 24.1 Å². The molecule has 1 aromatic heterocycles. The molecule has 0 spiro atoms. The van der Waals surface area contributed by atoms with Crippen molar-refractivity contribution in [2.45, 2.75) is 0 Å². The van der Waals surface area contributed by atoms with Gasteiger partial charge in [-0.2, -0.15) is 0 Å². The number of benzene rings is 3. The number of hydrogen-bond acceptors (Lipinski definition) is 5. The summed E-state index contributed by atoms with van der Waals surface area (Å²) in [6.07, 6.45) is 0. The van der Waals surface area contributed by atoms with Gasteiger partial charge in [-0.25, -0.2) is 4.98 Å². The molecular weight excluding hydrogens is 427 g/mol. The average molecular weight is 441 g/mol. The monoisotopic (exact) mass is 440 g/mol. The predicted octanol–water partition coefficient (Wildman–Crippen LogP) is 5.83. The lowest BCUT2D eigenvalue weighted by Crippen LogP contribution is -2.17. The molecule has 4 aromatic rings. The summed E-state index contributed by atoms with van der Waals surface area (Å²) in [6, 6.07) is 15.4. The first-order chi connectivity index (χ1) is 14.6. The smallest absolute Gasteiger partial charge is 0.255 e. The number of nitrogens with one attached hydrogen (secondary N) is 1. The van der Waals surface area contributed by atoms with Gasteiger partial charge in [-0.3, -0.25) is 4.79 Å². The Balaban J connectivity index is 1.40. The Morgan fingerprint density at radius 1 is 0.933 bits per heavy atom. The highest BCUT2D eigenvalue weighted by molar-refractivity contribution is 6.36. The van der Waals surface area contributed by atoms with Crippen molar-refractivity contribution in [2.24, 2.45) is 0 Å². The van der Waals surface area contributed by atoms with Crippen LogP contribution in [0.3, 0.4) is 0 Å². The van der Waals surface area contributed by atoms with Crippen molar-refractivity contribution in [1.82, 2.24) is 4.98 Å². The number of anilines is 1. The third-order valence-electron chi connectivity index (χ3n) is 4.61. The van der Waals surface area contributed by atoms with Crippen LogP contribution in [0.5, 0.6) is 11.5 Å². The summed E-state index contributed by atoms with van der Waals surface area (Å²) < 4.78 is 16.8. The lowest BCUT2D eigenvalue weighted by molar-refractivity contribution is 0.102. The molecule has 1 N–H and O–H groups in total. The van der Waals surface area contributed by atoms with Crippen molar-refractivity contribution >= 4 is 45.9 Å². The molecule has 1 aliphatic rings. The van der Waals surface area contributed by atoms with Crippen LogP contribution in [0.4, 0.5) is 5.69 Å². The Morgan fingerprint density at radius 3 is 2.60 bits per heavy atom. The molecule has 30 heavy (non-hydrogen) atoms. The Bertz CT molecular complexity index is 1290. The lowest BCUT2D eigenvalue weighted by Gasteiger charge is -2.18. The Morgan fingerprint density at radius 2 is 1.77 bits per heavy atom. The first-order valence-electron chi connectivity index (χ1n) is 9.14. The van der Waals surface area contributed by atoms with Crippen LogP contribution < -0.4 is 14.8 Å². The quantitative estimate of drug-likeness (QED) is 0.434. The second-order valence-electron chi connectivity index (χ2n) is 6.64. The van der Waals surface area contributed by atoms with Gasteiger partial charge in [0, 0.05) is 16.3 Å². The van der Waals surface area contributed by atoms with Crippen LogP contribution in [-0.2, 0) is 0 Å². The van der Waals surface area contributed by atoms with Gasteiger partial charge in [-0.05, 0) is 54.6 Å². The topological polar surface area (TPSA) is 73.6 Å². The van der Waals surface area contributed by atoms with Crippen molar-refractivity contribution in [1.29, 1.82) is 0 Å². The highest BCUT2D eigenvalue weighted by Crippen LogP contribution is 2.33. The van der Waals surface area contributed by atoms with Gasteiger partial charge in [-0.15, -0.1) is 0 Å². The first kappa shape index (κ1) is 18.8. The highest BCUT2D eigenvalue weighted by atomic mass is 35.5. The van der Waals surface area contributed by atoms with E-state index < -0.39 is 0 Å². The number of hydrogen-bond donors (Lipinski definition) is 1. The van der Waals surface area contributed by atoms with E-state index in [-0.39, 0.29) is 5.91 Å². The fraction of sp³-hybridized carbons (Fsp3) is 0.0909. The summed E-state index contributed by atoms with van der Waals surface area (Å²) in [5.41, 5.74) is 2.86. The summed E-state index contributed by atoms with van der Waals surface area (Å²) in [5.74, 6) is 1.30. The van der Waals surface area contributed by atoms with Crippen molar-refractivity contribution in [2.75, 3.05) is 18.5 Å². The second-order valence-corrected chi connectivity index (χ2v) is 7.48. The number of ether oxygens (including phenoxy) is 2. The lowest BCUT2D eigenvalue weighted by atomic mass is 10.1. The number of aromatic nitrogens is 1. The average Bonchev–Trinajstić information content (AvgIpc) is 3.16. The minimum atomic E-state index is -0.268. The molecule has 0 saturated carbocycles. The Hall–Kier alpha value is -3.22. The third-order valence-corrected chi connectivity index (χ3v) is 5.16. The maximum absolute atomic E-state index is 12.7. The van der Waals surface area contributed by atoms with E-state index in [2.05, 4.69) is 10.3 Å². The van der Waals surface area contributed by atoms with E-state index in [0.717, 1.165) is 0 Å². The first-order valence-corrected chi connectivity index (χ1v) is 9.89. The van der Waals surface area contributed by atoms with Gasteiger partial charge in [0.25, 0.3) is 5.91 Å². The third kappa shape index (κ3) is 3.56. The largest absolute Gasteiger partial charge is 0.486 e. The molecule has 0 atom stereocenters. The van der Waals surface area contributed by atoms with Crippen LogP contribution in [0.15, 0.2) is 59.0 Å². The Kier molecular flexibility index (Phi) is 4.73. The van der Waals surface area contributed by atoms with Crippen LogP contribution in [0.25, 0.3) is 22.6 Å². The highest BCUT2D eigenvalue weighted by Gasteiger charge is 2.16. The zero-order valence-electron chi connectivity index (χ0n) is 15.4. The molecule has 1 amide bonds. The molecular formula is C22H14Cl2N2O4. The molecule has 150 valence electrons. The number of oxazole rings is 1. The molecule has 5 rings (SSSR count). The number of fused-ring (bicyclic) bond motifs is 2. The van der Waals surface area contributed by atoms with Crippen molar-refractivity contribution in [3.8, 4) is 23.0 Å². The van der Waals surface area contributed by atoms with Gasteiger partial charge in [-0.1, -0.05) is 23.2 Å². The van der Waals surface area contributed by atoms with Gasteiger partial charge in [0.05, 0.1) is 10.6 Å². The molecule has 2 heterocycles. The summed E-state index contributed by atoms with van der Waals surface area (Å²) in [6.45, 7) is 0.959. The zero-order valence-corrected chi connectivity index (χ0v) is 17.0. The molecule has 6 nitrogen and oxygen atoms in total. The molecule has 0 radical (unpaired) electrons. The van der Waals surface area contributed by atoms with E-state index in [1.807, 2.05) is 0 Å². The molecule has 8 heteroatoms. The molecule has 0 saturated heterocycles. The molecule has 0 unspecified atom stereocenters. The van der Waals surface area contributed by atoms with Gasteiger partial charge in [0.1, 0.15) is 18.7 Å². The summed E-state index contributed by atoms with van der Waals surface area (Å²) in [4.78, 5) is 17.1. The van der Waals surface area contributed by atoms with Crippen LogP contribution in [0.1, 0.15) is 10.4 Å². The molecule has 3 aromatic carbocycles. The standard InChI is InChI=1S/C22H14Cl2N2O4/c23-13-2-4-15(16(24)10-13)22-26-17-11-14(3-6-18(17)30-22)25-21(27)12-1-5-19-20(9-12)29-8-7-28-19/h1-6,9-11H,7-8H2,(H,25,27). The number of rotatable bonds is 3. The minimum Gasteiger partial charge on any atom is -0.486 e. The van der Waals surface area contributed by atoms with Crippen molar-refractivity contribution < 1.29 is 18.7 Å².